The Morgan fingerprint density at radius 2 is 1.70 bits per heavy atom. The summed E-state index contributed by atoms with van der Waals surface area (Å²) in [5.74, 6) is 0.650. The van der Waals surface area contributed by atoms with Crippen LogP contribution in [0.3, 0.4) is 0 Å². The van der Waals surface area contributed by atoms with Crippen molar-refractivity contribution < 1.29 is 4.39 Å². The summed E-state index contributed by atoms with van der Waals surface area (Å²) in [5, 5.41) is 3.80. The lowest BCUT2D eigenvalue weighted by Crippen LogP contribution is -2.22. The van der Waals surface area contributed by atoms with Crippen LogP contribution in [0.2, 0.25) is 5.02 Å². The van der Waals surface area contributed by atoms with Gasteiger partial charge in [0.05, 0.1) is 5.02 Å². The molecule has 2 aromatic rings. The zero-order valence-corrected chi connectivity index (χ0v) is 13.8. The molecule has 2 aliphatic rings. The van der Waals surface area contributed by atoms with Crippen LogP contribution in [0.4, 0.5) is 4.39 Å². The van der Waals surface area contributed by atoms with Gasteiger partial charge in [-0.05, 0) is 66.3 Å². The minimum absolute atomic E-state index is 0.232. The normalized spacial score (nSPS) is 23.6. The van der Waals surface area contributed by atoms with Crippen LogP contribution in [0.5, 0.6) is 0 Å². The summed E-state index contributed by atoms with van der Waals surface area (Å²) < 4.78 is 13.4. The van der Waals surface area contributed by atoms with Crippen molar-refractivity contribution in [3.05, 3.63) is 70.0 Å². The zero-order chi connectivity index (χ0) is 15.8. The molecule has 1 nitrogen and oxygen atoms in total. The van der Waals surface area contributed by atoms with Gasteiger partial charge in [-0.1, -0.05) is 41.9 Å². The van der Waals surface area contributed by atoms with E-state index in [2.05, 4.69) is 29.6 Å². The van der Waals surface area contributed by atoms with E-state index in [1.165, 1.54) is 36.5 Å². The van der Waals surface area contributed by atoms with E-state index in [-0.39, 0.29) is 10.8 Å². The number of rotatable bonds is 5. The lowest BCUT2D eigenvalue weighted by molar-refractivity contribution is 0.346. The number of hydrogen-bond acceptors (Lipinski definition) is 1. The molecule has 0 aromatic heterocycles. The van der Waals surface area contributed by atoms with Gasteiger partial charge in [0, 0.05) is 12.6 Å². The van der Waals surface area contributed by atoms with Crippen molar-refractivity contribution in [2.75, 3.05) is 0 Å². The Morgan fingerprint density at radius 3 is 2.35 bits per heavy atom. The monoisotopic (exact) mass is 329 g/mol. The second-order valence-electron chi connectivity index (χ2n) is 6.86. The first kappa shape index (κ1) is 15.2. The van der Waals surface area contributed by atoms with Gasteiger partial charge in [-0.15, -0.1) is 0 Å². The molecule has 0 radical (unpaired) electrons. The quantitative estimate of drug-likeness (QED) is 0.775. The van der Waals surface area contributed by atoms with Gasteiger partial charge < -0.3 is 5.32 Å². The average molecular weight is 330 g/mol. The fourth-order valence-corrected chi connectivity index (χ4v) is 3.71. The predicted molar refractivity (Wildman–Crippen MR) is 92.4 cm³/mol. The molecule has 4 rings (SSSR count). The van der Waals surface area contributed by atoms with Gasteiger partial charge in [-0.3, -0.25) is 0 Å². The van der Waals surface area contributed by atoms with Crippen LogP contribution in [0, 0.1) is 5.82 Å². The molecule has 23 heavy (non-hydrogen) atoms. The van der Waals surface area contributed by atoms with Gasteiger partial charge in [0.1, 0.15) is 5.82 Å². The first-order chi connectivity index (χ1) is 11.2. The van der Waals surface area contributed by atoms with Crippen LogP contribution in [0.25, 0.3) is 0 Å². The summed E-state index contributed by atoms with van der Waals surface area (Å²) in [5.41, 5.74) is 3.92. The minimum Gasteiger partial charge on any atom is -0.310 e. The fraction of sp³-hybridized carbons (Fsp3) is 0.400. The van der Waals surface area contributed by atoms with E-state index >= 15 is 0 Å². The van der Waals surface area contributed by atoms with Crippen molar-refractivity contribution in [1.82, 2.24) is 5.32 Å². The van der Waals surface area contributed by atoms with Gasteiger partial charge in [0.15, 0.2) is 0 Å². The van der Waals surface area contributed by atoms with Gasteiger partial charge in [0.25, 0.3) is 0 Å². The molecular weight excluding hydrogens is 309 g/mol. The maximum atomic E-state index is 13.4. The van der Waals surface area contributed by atoms with Crippen LogP contribution < -0.4 is 5.32 Å². The van der Waals surface area contributed by atoms with Gasteiger partial charge in [-0.25, -0.2) is 4.39 Å². The van der Waals surface area contributed by atoms with Gasteiger partial charge in [0.2, 0.25) is 0 Å². The summed E-state index contributed by atoms with van der Waals surface area (Å²) in [4.78, 5) is 0. The average Bonchev–Trinajstić information content (AvgIpc) is 3.33. The largest absolute Gasteiger partial charge is 0.310 e. The number of halogens is 2. The fourth-order valence-electron chi connectivity index (χ4n) is 3.52. The predicted octanol–water partition coefficient (Wildman–Crippen LogP) is 5.39. The van der Waals surface area contributed by atoms with E-state index in [4.69, 9.17) is 11.6 Å². The number of nitrogens with one attached hydrogen (secondary N) is 1. The molecule has 0 bridgehead atoms. The molecular formula is C20H21ClFN. The van der Waals surface area contributed by atoms with Gasteiger partial charge >= 0.3 is 0 Å². The summed E-state index contributed by atoms with van der Waals surface area (Å²) >= 11 is 5.95. The molecule has 0 spiro atoms. The van der Waals surface area contributed by atoms with E-state index in [9.17, 15) is 4.39 Å². The molecule has 3 heteroatoms. The summed E-state index contributed by atoms with van der Waals surface area (Å²) in [7, 11) is 0. The van der Waals surface area contributed by atoms with Crippen molar-refractivity contribution in [3.8, 4) is 0 Å². The standard InChI is InChI=1S/C20H21ClFN/c21-19-11-15(4-9-20(19)22)18-8-7-17(18)14-3-1-2-13(10-14)12-23-16-5-6-16/h1-4,9-11,16-18,23H,5-8,12H2. The van der Waals surface area contributed by atoms with Crippen LogP contribution in [-0.4, -0.2) is 6.04 Å². The third kappa shape index (κ3) is 3.29. The van der Waals surface area contributed by atoms with E-state index < -0.39 is 0 Å². The first-order valence-corrected chi connectivity index (χ1v) is 8.85. The second-order valence-corrected chi connectivity index (χ2v) is 7.27. The lowest BCUT2D eigenvalue weighted by atomic mass is 9.67. The van der Waals surface area contributed by atoms with Crippen molar-refractivity contribution in [1.29, 1.82) is 0 Å². The van der Waals surface area contributed by atoms with E-state index in [1.54, 1.807) is 6.07 Å². The van der Waals surface area contributed by atoms with Gasteiger partial charge in [-0.2, -0.15) is 0 Å². The van der Waals surface area contributed by atoms with Crippen LogP contribution >= 0.6 is 11.6 Å². The smallest absolute Gasteiger partial charge is 0.141 e. The van der Waals surface area contributed by atoms with Crippen LogP contribution in [0.15, 0.2) is 42.5 Å². The maximum absolute atomic E-state index is 13.4. The SMILES string of the molecule is Fc1ccc(C2CCC2c2cccc(CNC3CC3)c2)cc1Cl. The Labute approximate surface area is 141 Å². The Hall–Kier alpha value is -1.38. The van der Waals surface area contributed by atoms with E-state index in [0.29, 0.717) is 11.8 Å². The van der Waals surface area contributed by atoms with E-state index in [1.807, 2.05) is 6.07 Å². The molecule has 2 aliphatic carbocycles. The van der Waals surface area contributed by atoms with Crippen molar-refractivity contribution in [2.24, 2.45) is 0 Å². The second kappa shape index (κ2) is 6.26. The molecule has 0 aliphatic heterocycles. The minimum atomic E-state index is -0.334. The molecule has 2 unspecified atom stereocenters. The molecule has 120 valence electrons. The highest BCUT2D eigenvalue weighted by molar-refractivity contribution is 6.30. The zero-order valence-electron chi connectivity index (χ0n) is 13.1. The molecule has 2 fully saturated rings. The molecule has 0 amide bonds. The molecule has 2 aromatic carbocycles. The molecule has 0 saturated heterocycles. The molecule has 2 saturated carbocycles. The topological polar surface area (TPSA) is 12.0 Å². The van der Waals surface area contributed by atoms with E-state index in [0.717, 1.165) is 24.6 Å². The Balaban J connectivity index is 1.50. The van der Waals surface area contributed by atoms with Crippen LogP contribution in [-0.2, 0) is 6.54 Å². The Bertz CT molecular complexity index is 711. The molecule has 2 atom stereocenters. The van der Waals surface area contributed by atoms with Crippen molar-refractivity contribution >= 4 is 11.6 Å². The van der Waals surface area contributed by atoms with Crippen molar-refractivity contribution in [2.45, 2.75) is 50.1 Å². The number of hydrogen-bond donors (Lipinski definition) is 1. The molecule has 0 heterocycles. The summed E-state index contributed by atoms with van der Waals surface area (Å²) in [6.07, 6.45) is 4.97. The highest BCUT2D eigenvalue weighted by atomic mass is 35.5. The summed E-state index contributed by atoms with van der Waals surface area (Å²) in [6.45, 7) is 0.957. The molecule has 1 N–H and O–H groups in total. The summed E-state index contributed by atoms with van der Waals surface area (Å²) in [6, 6.07) is 14.8. The van der Waals surface area contributed by atoms with Crippen LogP contribution in [0.1, 0.15) is 54.2 Å². The lowest BCUT2D eigenvalue weighted by Gasteiger charge is -2.38. The first-order valence-electron chi connectivity index (χ1n) is 8.48. The highest BCUT2D eigenvalue weighted by Gasteiger charge is 2.33. The third-order valence-electron chi connectivity index (χ3n) is 5.20. The Kier molecular flexibility index (Phi) is 4.13. The third-order valence-corrected chi connectivity index (χ3v) is 5.49. The number of benzene rings is 2. The maximum Gasteiger partial charge on any atom is 0.141 e. The van der Waals surface area contributed by atoms with Crippen molar-refractivity contribution in [3.63, 3.8) is 0 Å². The Morgan fingerprint density at radius 1 is 0.957 bits per heavy atom. The highest BCUT2D eigenvalue weighted by Crippen LogP contribution is 2.49.